The molecule has 1 aliphatic heterocycles. The standard InChI is InChI=1S/C15H26N2/c1-6-7-9-13(12-16)17-14(2,3)10-8-11-15(17,4)5/h6,13H,1,7-11H2,2-5H3. The van der Waals surface area contributed by atoms with Crippen LogP contribution in [0.15, 0.2) is 12.7 Å². The summed E-state index contributed by atoms with van der Waals surface area (Å²) in [6.07, 6.45) is 7.35. The third-order valence-electron chi connectivity index (χ3n) is 3.99. The van der Waals surface area contributed by atoms with E-state index in [2.05, 4.69) is 45.2 Å². The van der Waals surface area contributed by atoms with Crippen LogP contribution in [0.5, 0.6) is 0 Å². The smallest absolute Gasteiger partial charge is 0.0989 e. The number of hydrogen-bond acceptors (Lipinski definition) is 2. The van der Waals surface area contributed by atoms with Gasteiger partial charge < -0.3 is 0 Å². The molecular weight excluding hydrogens is 208 g/mol. The van der Waals surface area contributed by atoms with Crippen LogP contribution in [-0.4, -0.2) is 22.0 Å². The third kappa shape index (κ3) is 3.10. The molecule has 1 fully saturated rings. The molecule has 1 heterocycles. The van der Waals surface area contributed by atoms with Crippen molar-refractivity contribution in [3.8, 4) is 6.07 Å². The van der Waals surface area contributed by atoms with Gasteiger partial charge in [-0.25, -0.2) is 0 Å². The number of nitrogens with zero attached hydrogens (tertiary/aromatic N) is 2. The van der Waals surface area contributed by atoms with E-state index in [4.69, 9.17) is 0 Å². The second kappa shape index (κ2) is 5.23. The Morgan fingerprint density at radius 3 is 2.24 bits per heavy atom. The highest BCUT2D eigenvalue weighted by Crippen LogP contribution is 2.40. The molecule has 0 spiro atoms. The highest BCUT2D eigenvalue weighted by atomic mass is 15.3. The summed E-state index contributed by atoms with van der Waals surface area (Å²) in [5, 5.41) is 9.44. The predicted molar refractivity (Wildman–Crippen MR) is 72.7 cm³/mol. The second-order valence-corrected chi connectivity index (χ2v) is 6.36. The van der Waals surface area contributed by atoms with E-state index in [0.29, 0.717) is 0 Å². The number of nitriles is 1. The van der Waals surface area contributed by atoms with Crippen LogP contribution in [0.1, 0.15) is 59.8 Å². The zero-order valence-corrected chi connectivity index (χ0v) is 11.8. The van der Waals surface area contributed by atoms with Gasteiger partial charge in [0.05, 0.1) is 12.1 Å². The fourth-order valence-electron chi connectivity index (χ4n) is 3.38. The van der Waals surface area contributed by atoms with Crippen LogP contribution in [0.25, 0.3) is 0 Å². The van der Waals surface area contributed by atoms with Crippen molar-refractivity contribution in [2.24, 2.45) is 0 Å². The lowest BCUT2D eigenvalue weighted by Gasteiger charge is -2.54. The molecule has 0 bridgehead atoms. The third-order valence-corrected chi connectivity index (χ3v) is 3.99. The Kier molecular flexibility index (Phi) is 4.38. The van der Waals surface area contributed by atoms with Crippen LogP contribution < -0.4 is 0 Å². The molecule has 0 aromatic heterocycles. The molecular formula is C15H26N2. The number of rotatable bonds is 4. The Hall–Kier alpha value is -0.810. The summed E-state index contributed by atoms with van der Waals surface area (Å²) in [4.78, 5) is 2.44. The normalized spacial score (nSPS) is 24.9. The monoisotopic (exact) mass is 234 g/mol. The first-order valence-electron chi connectivity index (χ1n) is 6.65. The van der Waals surface area contributed by atoms with Gasteiger partial charge in [-0.15, -0.1) is 6.58 Å². The topological polar surface area (TPSA) is 27.0 Å². The molecule has 1 saturated heterocycles. The van der Waals surface area contributed by atoms with Gasteiger partial charge in [0, 0.05) is 11.1 Å². The maximum Gasteiger partial charge on any atom is 0.0989 e. The lowest BCUT2D eigenvalue weighted by molar-refractivity contribution is -0.0474. The summed E-state index contributed by atoms with van der Waals surface area (Å²) in [6, 6.07) is 2.51. The zero-order chi connectivity index (χ0) is 13.1. The average molecular weight is 234 g/mol. The van der Waals surface area contributed by atoms with E-state index in [9.17, 15) is 5.26 Å². The van der Waals surface area contributed by atoms with Crippen LogP contribution in [0.2, 0.25) is 0 Å². The first kappa shape index (κ1) is 14.3. The molecule has 96 valence electrons. The largest absolute Gasteiger partial charge is 0.278 e. The summed E-state index contributed by atoms with van der Waals surface area (Å²) in [5.74, 6) is 0. The van der Waals surface area contributed by atoms with Gasteiger partial charge in [0.15, 0.2) is 0 Å². The Morgan fingerprint density at radius 1 is 1.29 bits per heavy atom. The lowest BCUT2D eigenvalue weighted by atomic mass is 9.78. The van der Waals surface area contributed by atoms with E-state index >= 15 is 0 Å². The van der Waals surface area contributed by atoms with Crippen LogP contribution >= 0.6 is 0 Å². The molecule has 2 nitrogen and oxygen atoms in total. The van der Waals surface area contributed by atoms with Crippen LogP contribution in [-0.2, 0) is 0 Å². The van der Waals surface area contributed by atoms with E-state index in [1.54, 1.807) is 0 Å². The second-order valence-electron chi connectivity index (χ2n) is 6.36. The maximum absolute atomic E-state index is 9.44. The number of allylic oxidation sites excluding steroid dienone is 1. The van der Waals surface area contributed by atoms with Crippen molar-refractivity contribution in [1.29, 1.82) is 5.26 Å². The summed E-state index contributed by atoms with van der Waals surface area (Å²) < 4.78 is 0. The van der Waals surface area contributed by atoms with Crippen molar-refractivity contribution in [3.05, 3.63) is 12.7 Å². The van der Waals surface area contributed by atoms with Crippen molar-refractivity contribution in [2.75, 3.05) is 0 Å². The number of hydrogen-bond donors (Lipinski definition) is 0. The Morgan fingerprint density at radius 2 is 1.82 bits per heavy atom. The van der Waals surface area contributed by atoms with E-state index < -0.39 is 0 Å². The molecule has 0 aromatic rings. The summed E-state index contributed by atoms with van der Waals surface area (Å²) >= 11 is 0. The fraction of sp³-hybridized carbons (Fsp3) is 0.800. The molecule has 0 N–H and O–H groups in total. The van der Waals surface area contributed by atoms with Gasteiger partial charge in [-0.05, 0) is 59.8 Å². The molecule has 1 unspecified atom stereocenters. The summed E-state index contributed by atoms with van der Waals surface area (Å²) in [7, 11) is 0. The maximum atomic E-state index is 9.44. The molecule has 2 heteroatoms. The number of piperidine rings is 1. The van der Waals surface area contributed by atoms with Gasteiger partial charge in [-0.1, -0.05) is 6.08 Å². The summed E-state index contributed by atoms with van der Waals surface area (Å²) in [6.45, 7) is 12.8. The van der Waals surface area contributed by atoms with E-state index in [1.807, 2.05) is 6.08 Å². The highest BCUT2D eigenvalue weighted by molar-refractivity contribution is 5.06. The van der Waals surface area contributed by atoms with Gasteiger partial charge >= 0.3 is 0 Å². The molecule has 0 aliphatic carbocycles. The minimum absolute atomic E-state index is 0.0123. The molecule has 0 saturated carbocycles. The van der Waals surface area contributed by atoms with Crippen molar-refractivity contribution >= 4 is 0 Å². The Labute approximate surface area is 106 Å². The molecule has 17 heavy (non-hydrogen) atoms. The molecule has 1 rings (SSSR count). The van der Waals surface area contributed by atoms with Gasteiger partial charge in [-0.2, -0.15) is 5.26 Å². The van der Waals surface area contributed by atoms with Crippen molar-refractivity contribution in [2.45, 2.75) is 76.9 Å². The minimum atomic E-state index is 0.0123. The number of likely N-dealkylation sites (tertiary alicyclic amines) is 1. The first-order chi connectivity index (χ1) is 7.85. The summed E-state index contributed by atoms with van der Waals surface area (Å²) in [5.41, 5.74) is 0.257. The molecule has 1 atom stereocenters. The van der Waals surface area contributed by atoms with Crippen LogP contribution in [0.3, 0.4) is 0 Å². The lowest BCUT2D eigenvalue weighted by Crippen LogP contribution is -2.62. The van der Waals surface area contributed by atoms with Gasteiger partial charge in [-0.3, -0.25) is 4.90 Å². The van der Waals surface area contributed by atoms with Crippen LogP contribution in [0.4, 0.5) is 0 Å². The predicted octanol–water partition coefficient (Wildman–Crippen LogP) is 3.89. The Bertz CT molecular complexity index is 293. The molecule has 0 amide bonds. The van der Waals surface area contributed by atoms with Crippen molar-refractivity contribution in [1.82, 2.24) is 4.90 Å². The van der Waals surface area contributed by atoms with E-state index in [-0.39, 0.29) is 17.1 Å². The zero-order valence-electron chi connectivity index (χ0n) is 11.8. The van der Waals surface area contributed by atoms with Crippen LogP contribution in [0, 0.1) is 11.3 Å². The van der Waals surface area contributed by atoms with Gasteiger partial charge in [0.2, 0.25) is 0 Å². The van der Waals surface area contributed by atoms with Crippen molar-refractivity contribution < 1.29 is 0 Å². The Balaban J connectivity index is 2.94. The minimum Gasteiger partial charge on any atom is -0.278 e. The van der Waals surface area contributed by atoms with E-state index in [0.717, 1.165) is 12.8 Å². The SMILES string of the molecule is C=CCCC(C#N)N1C(C)(C)CCCC1(C)C. The molecule has 1 aliphatic rings. The first-order valence-corrected chi connectivity index (χ1v) is 6.65. The molecule has 0 aromatic carbocycles. The molecule has 0 radical (unpaired) electrons. The highest BCUT2D eigenvalue weighted by Gasteiger charge is 2.44. The van der Waals surface area contributed by atoms with Gasteiger partial charge in [0.25, 0.3) is 0 Å². The van der Waals surface area contributed by atoms with E-state index in [1.165, 1.54) is 19.3 Å². The van der Waals surface area contributed by atoms with Gasteiger partial charge in [0.1, 0.15) is 0 Å². The van der Waals surface area contributed by atoms with Crippen molar-refractivity contribution in [3.63, 3.8) is 0 Å². The fourth-order valence-corrected chi connectivity index (χ4v) is 3.38. The average Bonchev–Trinajstić information content (AvgIpc) is 2.21. The quantitative estimate of drug-likeness (QED) is 0.690.